The minimum absolute atomic E-state index is 0.0518. The summed E-state index contributed by atoms with van der Waals surface area (Å²) in [5.74, 6) is -0.416. The first-order valence-electron chi connectivity index (χ1n) is 19.1. The third-order valence-electron chi connectivity index (χ3n) is 10.8. The average Bonchev–Trinajstić information content (AvgIpc) is 3.88. The van der Waals surface area contributed by atoms with Gasteiger partial charge in [0.05, 0.1) is 31.9 Å². The summed E-state index contributed by atoms with van der Waals surface area (Å²) < 4.78 is 7.82. The molecular weight excluding hydrogens is 701 g/mol. The maximum Gasteiger partial charge on any atom is 0.255 e. The number of ether oxygens (including phenoxy) is 1. The Bertz CT molecular complexity index is 2360. The normalized spacial score (nSPS) is 16.3. The highest BCUT2D eigenvalue weighted by Crippen LogP contribution is 2.37. The van der Waals surface area contributed by atoms with Crippen LogP contribution in [0.15, 0.2) is 128 Å². The second-order valence-electron chi connectivity index (χ2n) is 14.7. The molecule has 1 N–H and O–H groups in total. The number of hydrogen-bond donors (Lipinski definition) is 1. The fourth-order valence-electron chi connectivity index (χ4n) is 7.63. The Balaban J connectivity index is 0.919. The predicted octanol–water partition coefficient (Wildman–Crippen LogP) is 7.42. The van der Waals surface area contributed by atoms with Gasteiger partial charge in [0.25, 0.3) is 17.7 Å². The molecule has 1 aliphatic heterocycles. The van der Waals surface area contributed by atoms with Crippen molar-refractivity contribution < 1.29 is 19.1 Å². The van der Waals surface area contributed by atoms with E-state index in [0.29, 0.717) is 36.5 Å². The number of hydrogen-bond acceptors (Lipinski definition) is 6. The largest absolute Gasteiger partial charge is 0.365 e. The lowest BCUT2D eigenvalue weighted by atomic mass is 10.0. The Hall–Kier alpha value is -6.39. The molecule has 1 aromatic heterocycles. The van der Waals surface area contributed by atoms with Crippen LogP contribution in [0, 0.1) is 13.8 Å². The maximum absolute atomic E-state index is 14.3. The van der Waals surface area contributed by atoms with Crippen LogP contribution in [0.2, 0.25) is 0 Å². The summed E-state index contributed by atoms with van der Waals surface area (Å²) in [5.41, 5.74) is 9.78. The molecule has 0 spiro atoms. The molecule has 0 bridgehead atoms. The number of fused-ring (bicyclic) bond motifs is 1. The van der Waals surface area contributed by atoms with E-state index in [4.69, 9.17) is 4.74 Å². The molecule has 10 heteroatoms. The highest BCUT2D eigenvalue weighted by molar-refractivity contribution is 6.06. The summed E-state index contributed by atoms with van der Waals surface area (Å²) in [7, 11) is 0. The van der Waals surface area contributed by atoms with E-state index in [1.165, 1.54) is 16.7 Å². The van der Waals surface area contributed by atoms with E-state index in [1.54, 1.807) is 9.58 Å². The smallest absolute Gasteiger partial charge is 0.255 e. The van der Waals surface area contributed by atoms with Crippen molar-refractivity contribution in [2.75, 3.05) is 25.0 Å². The van der Waals surface area contributed by atoms with Crippen LogP contribution in [0.4, 0.5) is 5.69 Å². The van der Waals surface area contributed by atoms with Crippen LogP contribution < -0.4 is 5.32 Å². The zero-order valence-electron chi connectivity index (χ0n) is 31.6. The third-order valence-corrected chi connectivity index (χ3v) is 10.8. The van der Waals surface area contributed by atoms with E-state index in [2.05, 4.69) is 65.0 Å². The number of carbonyl (C=O) groups excluding carboxylic acids is 3. The van der Waals surface area contributed by atoms with Gasteiger partial charge in [0.15, 0.2) is 6.10 Å². The molecule has 1 aliphatic carbocycles. The number of aryl methyl sites for hydroxylation is 3. The number of benzene rings is 5. The fraction of sp³-hybridized carbons (Fsp3) is 0.239. The van der Waals surface area contributed by atoms with E-state index >= 15 is 0 Å². The molecule has 2 aliphatic rings. The van der Waals surface area contributed by atoms with E-state index in [9.17, 15) is 14.4 Å². The highest BCUT2D eigenvalue weighted by Gasteiger charge is 2.38. The quantitative estimate of drug-likeness (QED) is 0.156. The molecule has 2 atom stereocenters. The molecule has 8 rings (SSSR count). The standard InChI is InChI=1S/C46H44N6O4/c1-31-12-15-34(16-13-31)28-52(42-23-22-35-8-6-7-11-39(35)42)46(55)43-30-50(24-25-56-43)45(54)36-20-17-33(18-21-36)27-51-29-41(48-49-51)37-19-14-32(2)40(26-37)44(53)47-38-9-4-3-5-10-38/h3-21,26,29,42-43H,22-25,27-28,30H2,1-2H3,(H,47,53). The van der Waals surface area contributed by atoms with Gasteiger partial charge in [-0.05, 0) is 84.8 Å². The molecular formula is C46H44N6O4. The summed E-state index contributed by atoms with van der Waals surface area (Å²) in [6.07, 6.45) is 2.87. The van der Waals surface area contributed by atoms with Gasteiger partial charge in [-0.1, -0.05) is 102 Å². The summed E-state index contributed by atoms with van der Waals surface area (Å²) in [6, 6.07) is 39.1. The van der Waals surface area contributed by atoms with E-state index in [-0.39, 0.29) is 36.9 Å². The number of nitrogens with zero attached hydrogens (tertiary/aromatic N) is 5. The molecule has 3 amide bonds. The SMILES string of the molecule is Cc1ccc(CN(C(=O)C2CN(C(=O)c3ccc(Cn4cc(-c5ccc(C)c(C(=O)Nc6ccccc6)c5)nn4)cc3)CCO2)C2CCc3ccccc32)cc1. The number of aromatic nitrogens is 3. The minimum Gasteiger partial charge on any atom is -0.365 e. The summed E-state index contributed by atoms with van der Waals surface area (Å²) in [4.78, 5) is 44.9. The Morgan fingerprint density at radius 2 is 1.61 bits per heavy atom. The molecule has 0 radical (unpaired) electrons. The van der Waals surface area contributed by atoms with E-state index in [0.717, 1.165) is 40.8 Å². The lowest BCUT2D eigenvalue weighted by Crippen LogP contribution is -2.52. The number of anilines is 1. The molecule has 56 heavy (non-hydrogen) atoms. The molecule has 1 fully saturated rings. The van der Waals surface area contributed by atoms with Crippen LogP contribution >= 0.6 is 0 Å². The molecule has 5 aromatic carbocycles. The fourth-order valence-corrected chi connectivity index (χ4v) is 7.63. The van der Waals surface area contributed by atoms with Crippen molar-refractivity contribution in [2.24, 2.45) is 0 Å². The Kier molecular flexibility index (Phi) is 10.5. The number of amides is 3. The predicted molar refractivity (Wildman–Crippen MR) is 215 cm³/mol. The zero-order valence-corrected chi connectivity index (χ0v) is 31.6. The number of rotatable bonds is 10. The second kappa shape index (κ2) is 16.1. The van der Waals surface area contributed by atoms with Gasteiger partial charge in [-0.25, -0.2) is 4.68 Å². The molecule has 2 unspecified atom stereocenters. The van der Waals surface area contributed by atoms with Crippen LogP contribution in [0.3, 0.4) is 0 Å². The van der Waals surface area contributed by atoms with Gasteiger partial charge in [0, 0.05) is 35.5 Å². The third kappa shape index (κ3) is 8.01. The van der Waals surface area contributed by atoms with Crippen molar-refractivity contribution in [1.29, 1.82) is 0 Å². The molecule has 0 saturated carbocycles. The van der Waals surface area contributed by atoms with Crippen molar-refractivity contribution in [3.8, 4) is 11.3 Å². The number of carbonyl (C=O) groups is 3. The van der Waals surface area contributed by atoms with Crippen LogP contribution in [-0.4, -0.2) is 68.3 Å². The van der Waals surface area contributed by atoms with Gasteiger partial charge in [0.1, 0.15) is 5.69 Å². The van der Waals surface area contributed by atoms with Crippen LogP contribution in [-0.2, 0) is 29.0 Å². The summed E-state index contributed by atoms with van der Waals surface area (Å²) in [6.45, 7) is 5.77. The first-order chi connectivity index (χ1) is 27.3. The van der Waals surface area contributed by atoms with Crippen molar-refractivity contribution in [3.63, 3.8) is 0 Å². The Morgan fingerprint density at radius 3 is 2.41 bits per heavy atom. The monoisotopic (exact) mass is 744 g/mol. The molecule has 6 aromatic rings. The van der Waals surface area contributed by atoms with Crippen LogP contribution in [0.1, 0.15) is 66.6 Å². The van der Waals surface area contributed by atoms with Gasteiger partial charge < -0.3 is 19.9 Å². The van der Waals surface area contributed by atoms with Gasteiger partial charge in [0.2, 0.25) is 0 Å². The van der Waals surface area contributed by atoms with Gasteiger partial charge in [-0.3, -0.25) is 14.4 Å². The van der Waals surface area contributed by atoms with E-state index in [1.807, 2.05) is 96.9 Å². The average molecular weight is 745 g/mol. The lowest BCUT2D eigenvalue weighted by molar-refractivity contribution is -0.151. The highest BCUT2D eigenvalue weighted by atomic mass is 16.5. The van der Waals surface area contributed by atoms with E-state index < -0.39 is 6.10 Å². The topological polar surface area (TPSA) is 110 Å². The van der Waals surface area contributed by atoms with Crippen molar-refractivity contribution in [1.82, 2.24) is 24.8 Å². The number of nitrogens with one attached hydrogen (secondary N) is 1. The van der Waals surface area contributed by atoms with Gasteiger partial charge in [-0.15, -0.1) is 5.10 Å². The molecule has 282 valence electrons. The maximum atomic E-state index is 14.3. The summed E-state index contributed by atoms with van der Waals surface area (Å²) in [5, 5.41) is 11.7. The second-order valence-corrected chi connectivity index (χ2v) is 14.7. The minimum atomic E-state index is -0.755. The first-order valence-corrected chi connectivity index (χ1v) is 19.1. The molecule has 1 saturated heterocycles. The molecule has 2 heterocycles. The Morgan fingerprint density at radius 1 is 0.857 bits per heavy atom. The summed E-state index contributed by atoms with van der Waals surface area (Å²) >= 11 is 0. The number of para-hydroxylation sites is 1. The van der Waals surface area contributed by atoms with Gasteiger partial charge >= 0.3 is 0 Å². The van der Waals surface area contributed by atoms with Crippen LogP contribution in [0.25, 0.3) is 11.3 Å². The first kappa shape index (κ1) is 36.6. The molecule has 10 nitrogen and oxygen atoms in total. The zero-order chi connectivity index (χ0) is 38.6. The lowest BCUT2D eigenvalue weighted by Gasteiger charge is -2.37. The number of morpholine rings is 1. The van der Waals surface area contributed by atoms with Crippen molar-refractivity contribution in [3.05, 3.63) is 172 Å². The van der Waals surface area contributed by atoms with Crippen molar-refractivity contribution in [2.45, 2.75) is 51.9 Å². The Labute approximate surface area is 326 Å². The van der Waals surface area contributed by atoms with Crippen LogP contribution in [0.5, 0.6) is 0 Å². The van der Waals surface area contributed by atoms with Gasteiger partial charge in [-0.2, -0.15) is 0 Å². The van der Waals surface area contributed by atoms with Crippen molar-refractivity contribution >= 4 is 23.4 Å².